The van der Waals surface area contributed by atoms with Gasteiger partial charge in [-0.25, -0.2) is 4.39 Å². The van der Waals surface area contributed by atoms with Crippen molar-refractivity contribution in [2.75, 3.05) is 25.0 Å². The third-order valence-electron chi connectivity index (χ3n) is 3.73. The van der Waals surface area contributed by atoms with E-state index in [1.807, 2.05) is 0 Å². The number of carbonyl (C=O) groups is 1. The van der Waals surface area contributed by atoms with Crippen molar-refractivity contribution in [3.8, 4) is 0 Å². The molecule has 2 N–H and O–H groups in total. The van der Waals surface area contributed by atoms with Gasteiger partial charge in [-0.15, -0.1) is 0 Å². The summed E-state index contributed by atoms with van der Waals surface area (Å²) in [6.07, 6.45) is -5.64. The van der Waals surface area contributed by atoms with Crippen LogP contribution in [0.3, 0.4) is 0 Å². The van der Waals surface area contributed by atoms with Crippen molar-refractivity contribution in [2.24, 2.45) is 0 Å². The second kappa shape index (κ2) is 6.21. The minimum absolute atomic E-state index is 0.0244. The fourth-order valence-corrected chi connectivity index (χ4v) is 2.32. The van der Waals surface area contributed by atoms with E-state index < -0.39 is 36.3 Å². The number of rotatable bonds is 3. The lowest BCUT2D eigenvalue weighted by Gasteiger charge is -2.38. The highest BCUT2D eigenvalue weighted by Gasteiger charge is 2.54. The predicted octanol–water partition coefficient (Wildman–Crippen LogP) is 2.15. The molecule has 8 heteroatoms. The highest BCUT2D eigenvalue weighted by molar-refractivity contribution is 5.92. The Kier molecular flexibility index (Phi) is 4.72. The van der Waals surface area contributed by atoms with Crippen molar-refractivity contribution < 1.29 is 27.5 Å². The Bertz CT molecular complexity index is 540. The van der Waals surface area contributed by atoms with E-state index >= 15 is 0 Å². The summed E-state index contributed by atoms with van der Waals surface area (Å²) in [5.74, 6) is -1.09. The van der Waals surface area contributed by atoms with Crippen molar-refractivity contribution in [1.29, 1.82) is 0 Å². The molecule has 0 atom stereocenters. The topological polar surface area (TPSA) is 52.6 Å². The Hall–Kier alpha value is -1.67. The van der Waals surface area contributed by atoms with E-state index in [4.69, 9.17) is 0 Å². The van der Waals surface area contributed by atoms with Gasteiger partial charge in [-0.05, 0) is 25.0 Å². The molecule has 1 amide bonds. The van der Waals surface area contributed by atoms with E-state index in [1.54, 1.807) is 6.07 Å². The lowest BCUT2D eigenvalue weighted by atomic mass is 9.91. The Labute approximate surface area is 124 Å². The second-order valence-electron chi connectivity index (χ2n) is 5.33. The van der Waals surface area contributed by atoms with Gasteiger partial charge in [0.1, 0.15) is 5.82 Å². The number of aliphatic hydroxyl groups is 1. The Balaban J connectivity index is 1.86. The molecule has 0 unspecified atom stereocenters. The Morgan fingerprint density at radius 3 is 2.41 bits per heavy atom. The molecule has 0 aromatic heterocycles. The van der Waals surface area contributed by atoms with E-state index in [0.29, 0.717) is 0 Å². The molecule has 2 rings (SSSR count). The third-order valence-corrected chi connectivity index (χ3v) is 3.73. The zero-order chi connectivity index (χ0) is 16.4. The zero-order valence-corrected chi connectivity index (χ0v) is 11.7. The van der Waals surface area contributed by atoms with Crippen molar-refractivity contribution >= 4 is 11.6 Å². The highest BCUT2D eigenvalue weighted by Crippen LogP contribution is 2.38. The Morgan fingerprint density at radius 1 is 1.27 bits per heavy atom. The number of halogens is 4. The quantitative estimate of drug-likeness (QED) is 0.839. The average Bonchev–Trinajstić information content (AvgIpc) is 2.43. The first-order chi connectivity index (χ1) is 10.2. The summed E-state index contributed by atoms with van der Waals surface area (Å²) >= 11 is 0. The summed E-state index contributed by atoms with van der Waals surface area (Å²) in [7, 11) is 0. The molecule has 0 bridgehead atoms. The number of anilines is 1. The first kappa shape index (κ1) is 16.7. The molecular weight excluding hydrogens is 304 g/mol. The van der Waals surface area contributed by atoms with Crippen LogP contribution in [0.25, 0.3) is 0 Å². The molecule has 0 aliphatic carbocycles. The smallest absolute Gasteiger partial charge is 0.380 e. The monoisotopic (exact) mass is 320 g/mol. The normalized spacial score (nSPS) is 19.0. The molecule has 1 saturated heterocycles. The van der Waals surface area contributed by atoms with Gasteiger partial charge in [-0.3, -0.25) is 9.69 Å². The van der Waals surface area contributed by atoms with Gasteiger partial charge in [0.15, 0.2) is 5.60 Å². The van der Waals surface area contributed by atoms with Crippen LogP contribution in [0.2, 0.25) is 0 Å². The van der Waals surface area contributed by atoms with Gasteiger partial charge in [0.25, 0.3) is 0 Å². The first-order valence-electron chi connectivity index (χ1n) is 6.77. The molecule has 0 spiro atoms. The lowest BCUT2D eigenvalue weighted by molar-refractivity contribution is -0.272. The number of likely N-dealkylation sites (tertiary alicyclic amines) is 1. The van der Waals surface area contributed by atoms with E-state index in [2.05, 4.69) is 5.32 Å². The van der Waals surface area contributed by atoms with Crippen LogP contribution in [0.15, 0.2) is 24.3 Å². The van der Waals surface area contributed by atoms with Gasteiger partial charge in [-0.2, -0.15) is 13.2 Å². The van der Waals surface area contributed by atoms with Crippen molar-refractivity contribution in [3.05, 3.63) is 30.1 Å². The minimum Gasteiger partial charge on any atom is -0.380 e. The molecule has 1 aliphatic rings. The standard InChI is InChI=1S/C14H16F4N2O2/c15-10-3-1-2-4-11(10)19-12(21)9-20-7-5-13(22,6-8-20)14(16,17)18/h1-4,22H,5-9H2,(H,19,21). The molecule has 1 aromatic rings. The number of benzene rings is 1. The predicted molar refractivity (Wildman–Crippen MR) is 71.7 cm³/mol. The number of piperidine rings is 1. The molecule has 1 fully saturated rings. The summed E-state index contributed by atoms with van der Waals surface area (Å²) < 4.78 is 51.3. The largest absolute Gasteiger partial charge is 0.417 e. The third kappa shape index (κ3) is 3.75. The average molecular weight is 320 g/mol. The van der Waals surface area contributed by atoms with Gasteiger partial charge in [-0.1, -0.05) is 12.1 Å². The number of hydrogen-bond acceptors (Lipinski definition) is 3. The van der Waals surface area contributed by atoms with Crippen molar-refractivity contribution in [1.82, 2.24) is 4.90 Å². The van der Waals surface area contributed by atoms with Crippen LogP contribution in [0.5, 0.6) is 0 Å². The van der Waals surface area contributed by atoms with Crippen LogP contribution >= 0.6 is 0 Å². The van der Waals surface area contributed by atoms with Gasteiger partial charge >= 0.3 is 6.18 Å². The van der Waals surface area contributed by atoms with Crippen LogP contribution < -0.4 is 5.32 Å². The number of nitrogens with one attached hydrogen (secondary N) is 1. The minimum atomic E-state index is -4.67. The summed E-state index contributed by atoms with van der Waals surface area (Å²) in [5, 5.41) is 11.9. The number of alkyl halides is 3. The number of amides is 1. The van der Waals surface area contributed by atoms with Crippen LogP contribution in [0, 0.1) is 5.82 Å². The molecule has 22 heavy (non-hydrogen) atoms. The van der Waals surface area contributed by atoms with E-state index in [0.717, 1.165) is 0 Å². The summed E-state index contributed by atoms with van der Waals surface area (Å²) in [4.78, 5) is 13.3. The van der Waals surface area contributed by atoms with E-state index in [-0.39, 0.29) is 25.3 Å². The number of carbonyl (C=O) groups excluding carboxylic acids is 1. The van der Waals surface area contributed by atoms with Gasteiger partial charge in [0, 0.05) is 13.1 Å². The SMILES string of the molecule is O=C(CN1CCC(O)(C(F)(F)F)CC1)Nc1ccccc1F. The van der Waals surface area contributed by atoms with Gasteiger partial charge < -0.3 is 10.4 Å². The maximum atomic E-state index is 13.4. The molecule has 1 heterocycles. The number of para-hydroxylation sites is 1. The van der Waals surface area contributed by atoms with Crippen LogP contribution in [0.1, 0.15) is 12.8 Å². The molecule has 1 aromatic carbocycles. The Morgan fingerprint density at radius 2 is 1.86 bits per heavy atom. The molecular formula is C14H16F4N2O2. The fraction of sp³-hybridized carbons (Fsp3) is 0.500. The summed E-state index contributed by atoms with van der Waals surface area (Å²) in [6, 6.07) is 5.63. The van der Waals surface area contributed by atoms with Crippen LogP contribution in [0.4, 0.5) is 23.2 Å². The lowest BCUT2D eigenvalue weighted by Crippen LogP contribution is -2.54. The zero-order valence-electron chi connectivity index (χ0n) is 11.7. The summed E-state index contributed by atoms with van der Waals surface area (Å²) in [5.41, 5.74) is -2.66. The first-order valence-corrected chi connectivity index (χ1v) is 6.77. The van der Waals surface area contributed by atoms with Gasteiger partial charge in [0.05, 0.1) is 12.2 Å². The second-order valence-corrected chi connectivity index (χ2v) is 5.33. The molecule has 0 radical (unpaired) electrons. The highest BCUT2D eigenvalue weighted by atomic mass is 19.4. The van der Waals surface area contributed by atoms with Crippen molar-refractivity contribution in [2.45, 2.75) is 24.6 Å². The molecule has 0 saturated carbocycles. The van der Waals surface area contributed by atoms with Crippen LogP contribution in [-0.4, -0.2) is 47.3 Å². The maximum absolute atomic E-state index is 13.4. The number of hydrogen-bond donors (Lipinski definition) is 2. The fourth-order valence-electron chi connectivity index (χ4n) is 2.32. The molecule has 1 aliphatic heterocycles. The maximum Gasteiger partial charge on any atom is 0.417 e. The molecule has 4 nitrogen and oxygen atoms in total. The molecule has 122 valence electrons. The van der Waals surface area contributed by atoms with Crippen LogP contribution in [-0.2, 0) is 4.79 Å². The van der Waals surface area contributed by atoms with E-state index in [1.165, 1.54) is 23.1 Å². The number of nitrogens with zero attached hydrogens (tertiary/aromatic N) is 1. The van der Waals surface area contributed by atoms with Gasteiger partial charge in [0.2, 0.25) is 5.91 Å². The van der Waals surface area contributed by atoms with Crippen molar-refractivity contribution in [3.63, 3.8) is 0 Å². The summed E-state index contributed by atoms with van der Waals surface area (Å²) in [6.45, 7) is -0.260. The van der Waals surface area contributed by atoms with E-state index in [9.17, 15) is 27.5 Å².